The molecule has 0 amide bonds. The first-order valence-corrected chi connectivity index (χ1v) is 4.81. The van der Waals surface area contributed by atoms with Crippen LogP contribution >= 0.6 is 11.6 Å². The van der Waals surface area contributed by atoms with Gasteiger partial charge < -0.3 is 10.4 Å². The molecule has 1 unspecified atom stereocenters. The zero-order valence-corrected chi connectivity index (χ0v) is 8.21. The van der Waals surface area contributed by atoms with Crippen LogP contribution in [0.1, 0.15) is 17.2 Å². The van der Waals surface area contributed by atoms with E-state index in [0.29, 0.717) is 11.6 Å². The third-order valence-corrected chi connectivity index (χ3v) is 2.79. The fraction of sp³-hybridized carbons (Fsp3) is 0.300. The van der Waals surface area contributed by atoms with Crippen molar-refractivity contribution in [3.8, 4) is 0 Å². The summed E-state index contributed by atoms with van der Waals surface area (Å²) in [4.78, 5) is 10.9. The Bertz CT molecular complexity index is 378. The van der Waals surface area contributed by atoms with Gasteiger partial charge in [0.25, 0.3) is 0 Å². The van der Waals surface area contributed by atoms with Gasteiger partial charge in [-0.15, -0.1) is 0 Å². The summed E-state index contributed by atoms with van der Waals surface area (Å²) in [5.41, 5.74) is 1.75. The Labute approximate surface area is 86.7 Å². The average molecular weight is 212 g/mol. The van der Waals surface area contributed by atoms with Gasteiger partial charge in [-0.1, -0.05) is 23.7 Å². The Kier molecular flexibility index (Phi) is 2.44. The first-order chi connectivity index (χ1) is 6.70. The van der Waals surface area contributed by atoms with Crippen LogP contribution in [0.2, 0.25) is 5.02 Å². The van der Waals surface area contributed by atoms with Crippen LogP contribution in [0.3, 0.4) is 0 Å². The van der Waals surface area contributed by atoms with E-state index in [4.69, 9.17) is 16.7 Å². The first-order valence-electron chi connectivity index (χ1n) is 4.43. The molecular weight excluding hydrogens is 202 g/mol. The predicted octanol–water partition coefficient (Wildman–Crippen LogP) is 1.61. The highest BCUT2D eigenvalue weighted by molar-refractivity contribution is 6.31. The van der Waals surface area contributed by atoms with E-state index in [0.717, 1.165) is 17.5 Å². The quantitative estimate of drug-likeness (QED) is 0.742. The summed E-state index contributed by atoms with van der Waals surface area (Å²) >= 11 is 5.99. The van der Waals surface area contributed by atoms with Gasteiger partial charge in [-0.2, -0.15) is 0 Å². The van der Waals surface area contributed by atoms with Gasteiger partial charge in [0, 0.05) is 11.6 Å². The van der Waals surface area contributed by atoms with Crippen LogP contribution in [0.5, 0.6) is 0 Å². The largest absolute Gasteiger partial charge is 0.480 e. The standard InChI is InChI=1S/C10H10ClNO2/c11-8-3-1-2-7-6(8)4-5-12-9(7)10(13)14/h1-3,9,12H,4-5H2,(H,13,14). The molecule has 1 aliphatic rings. The summed E-state index contributed by atoms with van der Waals surface area (Å²) in [5.74, 6) is -0.854. The summed E-state index contributed by atoms with van der Waals surface area (Å²) in [6.45, 7) is 0.660. The molecule has 4 heteroatoms. The number of nitrogens with one attached hydrogen (secondary N) is 1. The van der Waals surface area contributed by atoms with Crippen LogP contribution < -0.4 is 5.32 Å². The van der Waals surface area contributed by atoms with Crippen molar-refractivity contribution < 1.29 is 9.90 Å². The molecule has 2 rings (SSSR count). The normalized spacial score (nSPS) is 20.2. The number of halogens is 1. The van der Waals surface area contributed by atoms with Crippen LogP contribution in [-0.4, -0.2) is 17.6 Å². The summed E-state index contributed by atoms with van der Waals surface area (Å²) < 4.78 is 0. The van der Waals surface area contributed by atoms with Gasteiger partial charge in [0.05, 0.1) is 0 Å². The van der Waals surface area contributed by atoms with E-state index in [-0.39, 0.29) is 0 Å². The Morgan fingerprint density at radius 1 is 1.57 bits per heavy atom. The number of rotatable bonds is 1. The van der Waals surface area contributed by atoms with Crippen molar-refractivity contribution in [2.45, 2.75) is 12.5 Å². The van der Waals surface area contributed by atoms with E-state index in [2.05, 4.69) is 5.32 Å². The number of carbonyl (C=O) groups is 1. The lowest BCUT2D eigenvalue weighted by Gasteiger charge is -2.24. The van der Waals surface area contributed by atoms with Crippen LogP contribution in [0, 0.1) is 0 Å². The number of aliphatic carboxylic acids is 1. The van der Waals surface area contributed by atoms with Crippen molar-refractivity contribution >= 4 is 17.6 Å². The summed E-state index contributed by atoms with van der Waals surface area (Å²) in [5, 5.41) is 12.6. The second-order valence-corrected chi connectivity index (χ2v) is 3.69. The van der Waals surface area contributed by atoms with Crippen molar-refractivity contribution in [1.29, 1.82) is 0 Å². The lowest BCUT2D eigenvalue weighted by molar-refractivity contribution is -0.139. The molecule has 1 aliphatic heterocycles. The van der Waals surface area contributed by atoms with Gasteiger partial charge in [0.2, 0.25) is 0 Å². The predicted molar refractivity (Wildman–Crippen MR) is 53.5 cm³/mol. The molecule has 0 radical (unpaired) electrons. The molecule has 0 aliphatic carbocycles. The molecule has 1 heterocycles. The molecule has 3 nitrogen and oxygen atoms in total. The molecule has 1 aromatic rings. The molecule has 1 aromatic carbocycles. The van der Waals surface area contributed by atoms with Gasteiger partial charge >= 0.3 is 5.97 Å². The topological polar surface area (TPSA) is 49.3 Å². The number of hydrogen-bond acceptors (Lipinski definition) is 2. The SMILES string of the molecule is O=C(O)C1NCCc2c(Cl)cccc21. The number of benzene rings is 1. The molecule has 0 bridgehead atoms. The molecule has 0 spiro atoms. The second kappa shape index (κ2) is 3.59. The van der Waals surface area contributed by atoms with E-state index in [1.54, 1.807) is 12.1 Å². The smallest absolute Gasteiger partial charge is 0.325 e. The van der Waals surface area contributed by atoms with Crippen LogP contribution in [0.25, 0.3) is 0 Å². The van der Waals surface area contributed by atoms with E-state index in [1.807, 2.05) is 6.07 Å². The Balaban J connectivity index is 2.49. The number of fused-ring (bicyclic) bond motifs is 1. The number of carboxylic acids is 1. The number of carboxylic acid groups (broad SMARTS) is 1. The fourth-order valence-corrected chi connectivity index (χ4v) is 2.06. The van der Waals surface area contributed by atoms with Crippen LogP contribution in [0.15, 0.2) is 18.2 Å². The fourth-order valence-electron chi connectivity index (χ4n) is 1.78. The lowest BCUT2D eigenvalue weighted by atomic mass is 9.94. The maximum absolute atomic E-state index is 10.9. The highest BCUT2D eigenvalue weighted by atomic mass is 35.5. The maximum Gasteiger partial charge on any atom is 0.325 e. The molecule has 74 valence electrons. The molecule has 0 saturated heterocycles. The first kappa shape index (κ1) is 9.49. The Morgan fingerprint density at radius 2 is 2.36 bits per heavy atom. The van der Waals surface area contributed by atoms with Crippen LogP contribution in [0.4, 0.5) is 0 Å². The van der Waals surface area contributed by atoms with E-state index in [9.17, 15) is 4.79 Å². The van der Waals surface area contributed by atoms with Gasteiger partial charge in [0.1, 0.15) is 6.04 Å². The molecule has 2 N–H and O–H groups in total. The Morgan fingerprint density at radius 3 is 3.07 bits per heavy atom. The highest BCUT2D eigenvalue weighted by Gasteiger charge is 2.26. The molecule has 1 atom stereocenters. The Hall–Kier alpha value is -1.06. The molecular formula is C10H10ClNO2. The van der Waals surface area contributed by atoms with Crippen molar-refractivity contribution in [3.63, 3.8) is 0 Å². The van der Waals surface area contributed by atoms with E-state index >= 15 is 0 Å². The van der Waals surface area contributed by atoms with E-state index in [1.165, 1.54) is 0 Å². The zero-order valence-electron chi connectivity index (χ0n) is 7.46. The van der Waals surface area contributed by atoms with Crippen molar-refractivity contribution in [1.82, 2.24) is 5.32 Å². The number of hydrogen-bond donors (Lipinski definition) is 2. The summed E-state index contributed by atoms with van der Waals surface area (Å²) in [7, 11) is 0. The summed E-state index contributed by atoms with van der Waals surface area (Å²) in [6.07, 6.45) is 0.790. The van der Waals surface area contributed by atoms with Crippen molar-refractivity contribution in [2.24, 2.45) is 0 Å². The van der Waals surface area contributed by atoms with Gasteiger partial charge in [-0.3, -0.25) is 4.79 Å². The molecule has 0 aromatic heterocycles. The van der Waals surface area contributed by atoms with E-state index < -0.39 is 12.0 Å². The minimum atomic E-state index is -0.854. The third kappa shape index (κ3) is 1.49. The summed E-state index contributed by atoms with van der Waals surface area (Å²) in [6, 6.07) is 4.78. The van der Waals surface area contributed by atoms with Gasteiger partial charge in [-0.05, 0) is 23.6 Å². The minimum absolute atomic E-state index is 0.613. The third-order valence-electron chi connectivity index (χ3n) is 2.44. The van der Waals surface area contributed by atoms with Crippen molar-refractivity contribution in [3.05, 3.63) is 34.3 Å². The molecule has 14 heavy (non-hydrogen) atoms. The minimum Gasteiger partial charge on any atom is -0.480 e. The second-order valence-electron chi connectivity index (χ2n) is 3.28. The van der Waals surface area contributed by atoms with Crippen LogP contribution in [-0.2, 0) is 11.2 Å². The maximum atomic E-state index is 10.9. The van der Waals surface area contributed by atoms with Crippen molar-refractivity contribution in [2.75, 3.05) is 6.54 Å². The van der Waals surface area contributed by atoms with Gasteiger partial charge in [-0.25, -0.2) is 0 Å². The molecule has 0 saturated carbocycles. The lowest BCUT2D eigenvalue weighted by Crippen LogP contribution is -2.35. The monoisotopic (exact) mass is 211 g/mol. The van der Waals surface area contributed by atoms with Gasteiger partial charge in [0.15, 0.2) is 0 Å². The molecule has 0 fully saturated rings. The highest BCUT2D eigenvalue weighted by Crippen LogP contribution is 2.28. The average Bonchev–Trinajstić information content (AvgIpc) is 2.17. The zero-order chi connectivity index (χ0) is 10.1.